The fourth-order valence-corrected chi connectivity index (χ4v) is 5.66. The molecule has 1 aromatic heterocycles. The highest BCUT2D eigenvalue weighted by Crippen LogP contribution is 2.40. The van der Waals surface area contributed by atoms with Crippen molar-refractivity contribution in [3.05, 3.63) is 134 Å². The van der Waals surface area contributed by atoms with E-state index in [1.165, 1.54) is 30.9 Å². The van der Waals surface area contributed by atoms with Crippen LogP contribution < -0.4 is 5.32 Å². The molecule has 252 valence electrons. The van der Waals surface area contributed by atoms with Crippen LogP contribution in [0.2, 0.25) is 0 Å². The lowest BCUT2D eigenvalue weighted by Gasteiger charge is -2.30. The van der Waals surface area contributed by atoms with Gasteiger partial charge in [-0.1, -0.05) is 54.1 Å². The van der Waals surface area contributed by atoms with Crippen LogP contribution in [0, 0.1) is 10.1 Å². The van der Waals surface area contributed by atoms with Gasteiger partial charge >= 0.3 is 11.9 Å². The fourth-order valence-electron chi connectivity index (χ4n) is 5.66. The number of carbonyl (C=O) groups is 2. The molecule has 11 heteroatoms. The molecule has 1 unspecified atom stereocenters. The number of nitrogens with one attached hydrogen (secondary N) is 1. The third-order valence-electron chi connectivity index (χ3n) is 7.88. The number of pyridine rings is 1. The SMILES string of the molecule is COCCOC(=O)C1=C(C)NC(C)=C(C(=O)OCCN(C)C/C(C)=C/c2ccc(Cc3cccnc3)cc2)C1c1cccc([N+](=O)[O-])c1. The summed E-state index contributed by atoms with van der Waals surface area (Å²) in [6.45, 7) is 6.89. The Hall–Kier alpha value is -5.13. The number of hydrogen-bond acceptors (Lipinski definition) is 10. The Morgan fingerprint density at radius 2 is 1.65 bits per heavy atom. The summed E-state index contributed by atoms with van der Waals surface area (Å²) in [5.41, 5.74) is 6.18. The molecule has 0 fully saturated rings. The van der Waals surface area contributed by atoms with Crippen molar-refractivity contribution in [1.29, 1.82) is 0 Å². The number of methoxy groups -OCH3 is 1. The molecule has 0 amide bonds. The van der Waals surface area contributed by atoms with Crippen molar-refractivity contribution in [2.45, 2.75) is 33.1 Å². The highest BCUT2D eigenvalue weighted by atomic mass is 16.6. The van der Waals surface area contributed by atoms with Crippen molar-refractivity contribution in [3.8, 4) is 0 Å². The molecule has 0 aliphatic carbocycles. The number of nitro benzene ring substituents is 1. The Kier molecular flexibility index (Phi) is 12.8. The third-order valence-corrected chi connectivity index (χ3v) is 7.88. The lowest BCUT2D eigenvalue weighted by Crippen LogP contribution is -2.33. The quantitative estimate of drug-likeness (QED) is 0.0958. The zero-order valence-electron chi connectivity index (χ0n) is 28.0. The van der Waals surface area contributed by atoms with E-state index >= 15 is 0 Å². The van der Waals surface area contributed by atoms with Crippen LogP contribution in [0.4, 0.5) is 5.69 Å². The Labute approximate surface area is 281 Å². The Morgan fingerprint density at radius 1 is 0.958 bits per heavy atom. The number of nitrogens with zero attached hydrogens (tertiary/aromatic N) is 3. The second kappa shape index (κ2) is 17.1. The largest absolute Gasteiger partial charge is 0.461 e. The van der Waals surface area contributed by atoms with Gasteiger partial charge in [-0.2, -0.15) is 0 Å². The maximum absolute atomic E-state index is 13.7. The van der Waals surface area contributed by atoms with E-state index in [0.29, 0.717) is 30.0 Å². The molecule has 1 aliphatic rings. The molecule has 0 saturated carbocycles. The van der Waals surface area contributed by atoms with Gasteiger partial charge in [0.15, 0.2) is 0 Å². The number of ether oxygens (including phenoxy) is 3. The lowest BCUT2D eigenvalue weighted by atomic mass is 9.80. The first-order valence-electron chi connectivity index (χ1n) is 15.7. The van der Waals surface area contributed by atoms with Gasteiger partial charge in [0.05, 0.1) is 28.6 Å². The van der Waals surface area contributed by atoms with E-state index in [4.69, 9.17) is 14.2 Å². The summed E-state index contributed by atoms with van der Waals surface area (Å²) in [7, 11) is 3.44. The minimum absolute atomic E-state index is 0.00787. The molecule has 3 aromatic rings. The van der Waals surface area contributed by atoms with E-state index in [1.54, 1.807) is 26.1 Å². The van der Waals surface area contributed by atoms with Crippen molar-refractivity contribution in [2.75, 3.05) is 47.1 Å². The normalized spacial score (nSPS) is 15.0. The van der Waals surface area contributed by atoms with E-state index in [2.05, 4.69) is 58.5 Å². The zero-order valence-corrected chi connectivity index (χ0v) is 28.0. The van der Waals surface area contributed by atoms with Crippen LogP contribution in [-0.2, 0) is 30.2 Å². The summed E-state index contributed by atoms with van der Waals surface area (Å²) in [4.78, 5) is 44.2. The predicted molar refractivity (Wildman–Crippen MR) is 183 cm³/mol. The number of rotatable bonds is 15. The standard InChI is InChI=1S/C37H42N4O7/c1-25(20-28-11-13-29(14-12-28)21-30-8-7-15-38-23-30)24-40(4)16-17-47-36(42)33-26(2)39-27(3)34(37(43)48-19-18-46-5)35(33)31-9-6-10-32(22-31)41(44)45/h6-15,20,22-23,35,39H,16-19,21,24H2,1-5H3/b25-20+. The molecule has 0 bridgehead atoms. The average molecular weight is 655 g/mol. The predicted octanol–water partition coefficient (Wildman–Crippen LogP) is 5.58. The van der Waals surface area contributed by atoms with Crippen LogP contribution in [0.25, 0.3) is 6.08 Å². The van der Waals surface area contributed by atoms with Gasteiger partial charge in [-0.25, -0.2) is 9.59 Å². The number of likely N-dealkylation sites (N-methyl/N-ethyl adjacent to an activating group) is 1. The Bertz CT molecular complexity index is 1700. The smallest absolute Gasteiger partial charge is 0.336 e. The highest BCUT2D eigenvalue weighted by Gasteiger charge is 2.38. The van der Waals surface area contributed by atoms with E-state index < -0.39 is 22.8 Å². The van der Waals surface area contributed by atoms with Crippen molar-refractivity contribution in [1.82, 2.24) is 15.2 Å². The molecule has 1 aliphatic heterocycles. The number of carbonyl (C=O) groups excluding carboxylic acids is 2. The number of dihydropyridines is 1. The molecular formula is C37H42N4O7. The van der Waals surface area contributed by atoms with E-state index in [1.807, 2.05) is 19.3 Å². The lowest BCUT2D eigenvalue weighted by molar-refractivity contribution is -0.384. The van der Waals surface area contributed by atoms with Crippen molar-refractivity contribution in [3.63, 3.8) is 0 Å². The van der Waals surface area contributed by atoms with Gasteiger partial charge in [-0.15, -0.1) is 0 Å². The van der Waals surface area contributed by atoms with Gasteiger partial charge < -0.3 is 19.5 Å². The van der Waals surface area contributed by atoms with Crippen LogP contribution >= 0.6 is 0 Å². The van der Waals surface area contributed by atoms with Crippen LogP contribution in [-0.4, -0.2) is 73.8 Å². The third kappa shape index (κ3) is 9.69. The van der Waals surface area contributed by atoms with Crippen LogP contribution in [0.1, 0.15) is 48.9 Å². The highest BCUT2D eigenvalue weighted by molar-refractivity contribution is 6.00. The van der Waals surface area contributed by atoms with Gasteiger partial charge in [0.2, 0.25) is 0 Å². The number of benzene rings is 2. The van der Waals surface area contributed by atoms with E-state index in [9.17, 15) is 19.7 Å². The topological polar surface area (TPSA) is 133 Å². The molecule has 48 heavy (non-hydrogen) atoms. The van der Waals surface area contributed by atoms with Gasteiger partial charge in [-0.05, 0) is 62.6 Å². The van der Waals surface area contributed by atoms with Crippen LogP contribution in [0.3, 0.4) is 0 Å². The summed E-state index contributed by atoms with van der Waals surface area (Å²) < 4.78 is 16.2. The first kappa shape index (κ1) is 35.7. The molecule has 0 spiro atoms. The maximum atomic E-state index is 13.7. The second-order valence-corrected chi connectivity index (χ2v) is 11.8. The molecule has 0 radical (unpaired) electrons. The minimum Gasteiger partial charge on any atom is -0.461 e. The van der Waals surface area contributed by atoms with Crippen LogP contribution in [0.5, 0.6) is 0 Å². The molecule has 2 aromatic carbocycles. The molecule has 0 saturated heterocycles. The molecule has 2 heterocycles. The summed E-state index contributed by atoms with van der Waals surface area (Å²) in [5, 5.41) is 14.7. The first-order valence-corrected chi connectivity index (χ1v) is 15.7. The summed E-state index contributed by atoms with van der Waals surface area (Å²) >= 11 is 0. The number of esters is 2. The van der Waals surface area contributed by atoms with E-state index in [-0.39, 0.29) is 36.7 Å². The number of hydrogen-bond donors (Lipinski definition) is 1. The molecular weight excluding hydrogens is 612 g/mol. The number of allylic oxidation sites excluding steroid dienone is 2. The number of nitro groups is 1. The minimum atomic E-state index is -0.938. The average Bonchev–Trinajstić information content (AvgIpc) is 3.05. The summed E-state index contributed by atoms with van der Waals surface area (Å²) in [6, 6.07) is 18.3. The molecule has 1 atom stereocenters. The second-order valence-electron chi connectivity index (χ2n) is 11.8. The van der Waals surface area contributed by atoms with Gasteiger partial charge in [0, 0.05) is 56.1 Å². The van der Waals surface area contributed by atoms with E-state index in [0.717, 1.165) is 23.1 Å². The first-order chi connectivity index (χ1) is 23.1. The summed E-state index contributed by atoms with van der Waals surface area (Å²) in [5.74, 6) is -2.22. The fraction of sp³-hybridized carbons (Fsp3) is 0.324. The van der Waals surface area contributed by atoms with Gasteiger partial charge in [0.25, 0.3) is 5.69 Å². The Morgan fingerprint density at radius 3 is 2.27 bits per heavy atom. The molecule has 4 rings (SSSR count). The van der Waals surface area contributed by atoms with Crippen molar-refractivity contribution >= 4 is 23.7 Å². The van der Waals surface area contributed by atoms with Gasteiger partial charge in [-0.3, -0.25) is 20.0 Å². The number of non-ortho nitro benzene ring substituents is 1. The number of aromatic nitrogens is 1. The monoisotopic (exact) mass is 654 g/mol. The molecule has 1 N–H and O–H groups in total. The maximum Gasteiger partial charge on any atom is 0.336 e. The summed E-state index contributed by atoms with van der Waals surface area (Å²) in [6.07, 6.45) is 6.60. The van der Waals surface area contributed by atoms with Crippen molar-refractivity contribution in [2.24, 2.45) is 0 Å². The zero-order chi connectivity index (χ0) is 34.6. The Balaban J connectivity index is 1.41. The molecule has 11 nitrogen and oxygen atoms in total. The van der Waals surface area contributed by atoms with Crippen molar-refractivity contribution < 1.29 is 28.7 Å². The van der Waals surface area contributed by atoms with Gasteiger partial charge in [0.1, 0.15) is 13.2 Å². The van der Waals surface area contributed by atoms with Crippen LogP contribution in [0.15, 0.2) is 101 Å².